The number of methoxy groups -OCH3 is 2. The predicted octanol–water partition coefficient (Wildman–Crippen LogP) is 2.57. The first kappa shape index (κ1) is 27.7. The lowest BCUT2D eigenvalue weighted by molar-refractivity contribution is -0.0122. The van der Waals surface area contributed by atoms with Gasteiger partial charge in [0, 0.05) is 6.20 Å². The van der Waals surface area contributed by atoms with E-state index in [4.69, 9.17) is 15.2 Å². The van der Waals surface area contributed by atoms with Gasteiger partial charge in [0.15, 0.2) is 0 Å². The maximum absolute atomic E-state index is 12.6. The Kier molecular flexibility index (Phi) is 7.86. The zero-order chi connectivity index (χ0) is 28.4. The summed E-state index contributed by atoms with van der Waals surface area (Å²) in [6.07, 6.45) is -2.56. The van der Waals surface area contributed by atoms with E-state index in [1.807, 2.05) is 78.9 Å². The highest BCUT2D eigenvalue weighted by molar-refractivity contribution is 8.00. The second kappa shape index (κ2) is 11.3. The average molecular weight is 562 g/mol. The number of aliphatic hydroxyl groups is 3. The highest BCUT2D eigenvalue weighted by atomic mass is 32.2. The number of thioether (sulfide) groups is 1. The van der Waals surface area contributed by atoms with E-state index in [-0.39, 0.29) is 5.82 Å². The van der Waals surface area contributed by atoms with Gasteiger partial charge in [0.2, 0.25) is 0 Å². The molecule has 2 heterocycles. The van der Waals surface area contributed by atoms with Crippen molar-refractivity contribution in [3.05, 3.63) is 118 Å². The number of hydrogen-bond donors (Lipinski definition) is 4. The summed E-state index contributed by atoms with van der Waals surface area (Å²) in [7, 11) is 3.16. The SMILES string of the molecule is COc1ccc(C(c2ccccc2)(c2ccc(OC)cc2)C(O)[C@@H]2S[C@H](n3ccc(N)nc3=O)[C@H](O)[C@@H]2O)cc1. The molecule has 0 saturated carbocycles. The molecule has 40 heavy (non-hydrogen) atoms. The summed E-state index contributed by atoms with van der Waals surface area (Å²) in [5, 5.41) is 33.1. The predicted molar refractivity (Wildman–Crippen MR) is 154 cm³/mol. The molecule has 4 aromatic rings. The molecule has 0 radical (unpaired) electrons. The van der Waals surface area contributed by atoms with Crippen molar-refractivity contribution in [2.24, 2.45) is 0 Å². The Bertz CT molecular complexity index is 1450. The van der Waals surface area contributed by atoms with Crippen LogP contribution in [0.5, 0.6) is 11.5 Å². The number of ether oxygens (including phenoxy) is 2. The van der Waals surface area contributed by atoms with Gasteiger partial charge in [-0.3, -0.25) is 4.57 Å². The molecule has 5 rings (SSSR count). The Balaban J connectivity index is 1.70. The van der Waals surface area contributed by atoms with Crippen molar-refractivity contribution in [1.29, 1.82) is 0 Å². The minimum absolute atomic E-state index is 0.0537. The lowest BCUT2D eigenvalue weighted by Crippen LogP contribution is -2.51. The van der Waals surface area contributed by atoms with Crippen LogP contribution in [-0.2, 0) is 5.41 Å². The minimum Gasteiger partial charge on any atom is -0.497 e. The van der Waals surface area contributed by atoms with Crippen LogP contribution in [0.3, 0.4) is 0 Å². The molecule has 5 N–H and O–H groups in total. The number of nitrogens with two attached hydrogens (primary N) is 1. The van der Waals surface area contributed by atoms with Crippen LogP contribution in [0.2, 0.25) is 0 Å². The lowest BCUT2D eigenvalue weighted by Gasteiger charge is -2.43. The average Bonchev–Trinajstić information content (AvgIpc) is 3.28. The summed E-state index contributed by atoms with van der Waals surface area (Å²) >= 11 is 1.12. The van der Waals surface area contributed by atoms with E-state index in [0.29, 0.717) is 11.5 Å². The first-order chi connectivity index (χ1) is 19.3. The first-order valence-electron chi connectivity index (χ1n) is 12.7. The van der Waals surface area contributed by atoms with Crippen molar-refractivity contribution in [3.8, 4) is 11.5 Å². The van der Waals surface area contributed by atoms with Gasteiger partial charge in [-0.25, -0.2) is 4.79 Å². The summed E-state index contributed by atoms with van der Waals surface area (Å²) in [6, 6.07) is 25.8. The summed E-state index contributed by atoms with van der Waals surface area (Å²) in [4.78, 5) is 16.4. The monoisotopic (exact) mass is 561 g/mol. The van der Waals surface area contributed by atoms with E-state index in [9.17, 15) is 20.1 Å². The summed E-state index contributed by atoms with van der Waals surface area (Å²) < 4.78 is 12.0. The Morgan fingerprint density at radius 1 is 0.850 bits per heavy atom. The van der Waals surface area contributed by atoms with Gasteiger partial charge >= 0.3 is 5.69 Å². The zero-order valence-electron chi connectivity index (χ0n) is 22.0. The molecule has 0 spiro atoms. The van der Waals surface area contributed by atoms with Crippen LogP contribution in [0.4, 0.5) is 5.82 Å². The fourth-order valence-corrected chi connectivity index (χ4v) is 7.07. The number of benzene rings is 3. The van der Waals surface area contributed by atoms with Crippen LogP contribution in [0.15, 0.2) is 95.9 Å². The van der Waals surface area contributed by atoms with Gasteiger partial charge in [-0.05, 0) is 47.0 Å². The molecule has 208 valence electrons. The number of anilines is 1. The Hall–Kier alpha value is -3.83. The third kappa shape index (κ3) is 4.73. The van der Waals surface area contributed by atoms with Gasteiger partial charge in [0.25, 0.3) is 0 Å². The topological polar surface area (TPSA) is 140 Å². The molecular weight excluding hydrogens is 530 g/mol. The smallest absolute Gasteiger partial charge is 0.350 e. The molecule has 0 bridgehead atoms. The Morgan fingerprint density at radius 2 is 1.38 bits per heavy atom. The molecule has 1 saturated heterocycles. The fourth-order valence-electron chi connectivity index (χ4n) is 5.46. The van der Waals surface area contributed by atoms with Crippen LogP contribution >= 0.6 is 11.8 Å². The molecule has 1 aliphatic heterocycles. The van der Waals surface area contributed by atoms with E-state index in [2.05, 4.69) is 4.98 Å². The molecule has 1 fully saturated rings. The van der Waals surface area contributed by atoms with E-state index in [0.717, 1.165) is 28.5 Å². The molecule has 10 heteroatoms. The number of aromatic nitrogens is 2. The molecule has 1 aromatic heterocycles. The number of nitrogens with zero attached hydrogens (tertiary/aromatic N) is 2. The molecule has 0 amide bonds. The zero-order valence-corrected chi connectivity index (χ0v) is 22.8. The maximum atomic E-state index is 12.6. The van der Waals surface area contributed by atoms with Gasteiger partial charge in [-0.1, -0.05) is 54.6 Å². The number of hydrogen-bond acceptors (Lipinski definition) is 9. The number of aliphatic hydroxyl groups excluding tert-OH is 3. The second-order valence-electron chi connectivity index (χ2n) is 9.59. The molecular formula is C30H31N3O6S. The van der Waals surface area contributed by atoms with Gasteiger partial charge < -0.3 is 30.5 Å². The molecule has 0 aliphatic carbocycles. The highest BCUT2D eigenvalue weighted by Crippen LogP contribution is 2.51. The molecule has 5 atom stereocenters. The van der Waals surface area contributed by atoms with Gasteiger partial charge in [-0.2, -0.15) is 4.98 Å². The molecule has 1 unspecified atom stereocenters. The number of nitrogen functional groups attached to an aromatic ring is 1. The van der Waals surface area contributed by atoms with E-state index in [1.54, 1.807) is 14.2 Å². The van der Waals surface area contributed by atoms with Crippen LogP contribution < -0.4 is 20.9 Å². The molecule has 3 aromatic carbocycles. The maximum Gasteiger partial charge on any atom is 0.350 e. The van der Waals surface area contributed by atoms with Gasteiger partial charge in [0.05, 0.1) is 37.1 Å². The molecule has 9 nitrogen and oxygen atoms in total. The summed E-state index contributed by atoms with van der Waals surface area (Å²) in [6.45, 7) is 0. The van der Waals surface area contributed by atoms with E-state index in [1.165, 1.54) is 16.8 Å². The second-order valence-corrected chi connectivity index (χ2v) is 10.9. The number of rotatable bonds is 8. The third-order valence-electron chi connectivity index (χ3n) is 7.48. The highest BCUT2D eigenvalue weighted by Gasteiger charge is 2.54. The Morgan fingerprint density at radius 3 is 1.88 bits per heavy atom. The lowest BCUT2D eigenvalue weighted by atomic mass is 9.64. The van der Waals surface area contributed by atoms with Crippen molar-refractivity contribution in [3.63, 3.8) is 0 Å². The standard InChI is InChI=1S/C30H31N3O6S/c1-38-21-12-8-19(9-13-21)30(18-6-4-3-5-7-18,20-10-14-22(39-2)15-11-20)27(36)26-24(34)25(35)28(40-26)33-17-16-23(31)32-29(33)37/h3-17,24-28,34-36H,1-2H3,(H2,31,32,37)/t24-,25+,26+,27?,28-/m0/s1. The van der Waals surface area contributed by atoms with Crippen molar-refractivity contribution in [2.45, 2.75) is 34.4 Å². The van der Waals surface area contributed by atoms with Crippen LogP contribution in [0, 0.1) is 0 Å². The van der Waals surface area contributed by atoms with Crippen LogP contribution in [0.1, 0.15) is 22.1 Å². The minimum atomic E-state index is -1.37. The normalized spacial score (nSPS) is 21.6. The van der Waals surface area contributed by atoms with E-state index >= 15 is 0 Å². The van der Waals surface area contributed by atoms with E-state index < -0.39 is 40.0 Å². The van der Waals surface area contributed by atoms with Crippen molar-refractivity contribution in [1.82, 2.24) is 9.55 Å². The molecule has 1 aliphatic rings. The summed E-state index contributed by atoms with van der Waals surface area (Å²) in [5.74, 6) is 1.35. The van der Waals surface area contributed by atoms with Gasteiger partial charge in [-0.15, -0.1) is 11.8 Å². The van der Waals surface area contributed by atoms with Crippen LogP contribution in [0.25, 0.3) is 0 Å². The van der Waals surface area contributed by atoms with Crippen molar-refractivity contribution in [2.75, 3.05) is 20.0 Å². The summed E-state index contributed by atoms with van der Waals surface area (Å²) in [5.41, 5.74) is 6.07. The third-order valence-corrected chi connectivity index (χ3v) is 9.11. The van der Waals surface area contributed by atoms with Gasteiger partial charge in [0.1, 0.15) is 28.8 Å². The van der Waals surface area contributed by atoms with Crippen LogP contribution in [-0.4, -0.2) is 62.7 Å². The first-order valence-corrected chi connectivity index (χ1v) is 13.6. The Labute approximate surface area is 235 Å². The quantitative estimate of drug-likeness (QED) is 0.239. The largest absolute Gasteiger partial charge is 0.497 e. The van der Waals surface area contributed by atoms with Crippen molar-refractivity contribution >= 4 is 17.6 Å². The fraction of sp³-hybridized carbons (Fsp3) is 0.267. The van der Waals surface area contributed by atoms with Crippen molar-refractivity contribution < 1.29 is 24.8 Å².